The fourth-order valence-electron chi connectivity index (χ4n) is 2.54. The van der Waals surface area contributed by atoms with Gasteiger partial charge in [0.05, 0.1) is 25.7 Å². The van der Waals surface area contributed by atoms with Crippen molar-refractivity contribution in [2.45, 2.75) is 45.3 Å². The maximum absolute atomic E-state index is 11.9. The van der Waals surface area contributed by atoms with Gasteiger partial charge < -0.3 is 18.9 Å². The zero-order chi connectivity index (χ0) is 19.3. The summed E-state index contributed by atoms with van der Waals surface area (Å²) in [4.78, 5) is 23.7. The second kappa shape index (κ2) is 8.86. The van der Waals surface area contributed by atoms with Gasteiger partial charge in [0.25, 0.3) is 0 Å². The molecule has 1 aliphatic carbocycles. The van der Waals surface area contributed by atoms with Crippen LogP contribution in [0.2, 0.25) is 0 Å². The minimum Gasteiger partial charge on any atom is -0.490 e. The fourth-order valence-corrected chi connectivity index (χ4v) is 2.88. The SMILES string of the molecule is COC(=O)c1ccc(Br)cc1OCCOC1CC(C(=O)OC(C)(C)C)C1. The predicted molar refractivity (Wildman–Crippen MR) is 99.3 cm³/mol. The number of benzene rings is 1. The van der Waals surface area contributed by atoms with Crippen molar-refractivity contribution in [3.63, 3.8) is 0 Å². The highest BCUT2D eigenvalue weighted by atomic mass is 79.9. The molecule has 0 heterocycles. The summed E-state index contributed by atoms with van der Waals surface area (Å²) in [6.07, 6.45) is 1.37. The van der Waals surface area contributed by atoms with Crippen LogP contribution in [0.15, 0.2) is 22.7 Å². The minimum absolute atomic E-state index is 0.0405. The van der Waals surface area contributed by atoms with E-state index in [1.807, 2.05) is 20.8 Å². The van der Waals surface area contributed by atoms with Crippen molar-refractivity contribution in [3.05, 3.63) is 28.2 Å². The molecule has 144 valence electrons. The van der Waals surface area contributed by atoms with E-state index in [1.54, 1.807) is 18.2 Å². The fraction of sp³-hybridized carbons (Fsp3) is 0.579. The van der Waals surface area contributed by atoms with Crippen LogP contribution in [0.4, 0.5) is 0 Å². The van der Waals surface area contributed by atoms with Gasteiger partial charge in [-0.25, -0.2) is 4.79 Å². The summed E-state index contributed by atoms with van der Waals surface area (Å²) >= 11 is 3.35. The average Bonchev–Trinajstić information content (AvgIpc) is 2.50. The number of methoxy groups -OCH3 is 1. The van der Waals surface area contributed by atoms with Gasteiger partial charge in [-0.05, 0) is 51.8 Å². The molecule has 0 amide bonds. The first-order valence-corrected chi connectivity index (χ1v) is 9.34. The first-order valence-electron chi connectivity index (χ1n) is 8.54. The third-order valence-corrected chi connectivity index (χ3v) is 4.37. The summed E-state index contributed by atoms with van der Waals surface area (Å²) in [5, 5.41) is 0. The highest BCUT2D eigenvalue weighted by molar-refractivity contribution is 9.10. The van der Waals surface area contributed by atoms with E-state index < -0.39 is 11.6 Å². The zero-order valence-corrected chi connectivity index (χ0v) is 17.1. The van der Waals surface area contributed by atoms with Crippen molar-refractivity contribution in [1.82, 2.24) is 0 Å². The maximum Gasteiger partial charge on any atom is 0.341 e. The Bertz CT molecular complexity index is 646. The number of esters is 2. The van der Waals surface area contributed by atoms with Crippen molar-refractivity contribution in [2.75, 3.05) is 20.3 Å². The van der Waals surface area contributed by atoms with E-state index in [2.05, 4.69) is 15.9 Å². The Balaban J connectivity index is 1.72. The molecular weight excluding hydrogens is 404 g/mol. The summed E-state index contributed by atoms with van der Waals surface area (Å²) in [6.45, 7) is 6.26. The molecule has 1 aromatic carbocycles. The van der Waals surface area contributed by atoms with Gasteiger partial charge in [0.2, 0.25) is 0 Å². The highest BCUT2D eigenvalue weighted by Crippen LogP contribution is 2.32. The number of carbonyl (C=O) groups excluding carboxylic acids is 2. The lowest BCUT2D eigenvalue weighted by molar-refractivity contribution is -0.169. The molecule has 0 aromatic heterocycles. The lowest BCUT2D eigenvalue weighted by atomic mass is 9.82. The Hall–Kier alpha value is -1.60. The first-order chi connectivity index (χ1) is 12.2. The van der Waals surface area contributed by atoms with Crippen LogP contribution in [0.5, 0.6) is 5.75 Å². The van der Waals surface area contributed by atoms with Gasteiger partial charge in [-0.2, -0.15) is 0 Å². The maximum atomic E-state index is 11.9. The molecule has 0 spiro atoms. The Morgan fingerprint density at radius 2 is 1.88 bits per heavy atom. The molecule has 0 atom stereocenters. The molecule has 26 heavy (non-hydrogen) atoms. The number of halogens is 1. The monoisotopic (exact) mass is 428 g/mol. The molecule has 0 saturated heterocycles. The first kappa shape index (κ1) is 20.7. The Morgan fingerprint density at radius 1 is 1.19 bits per heavy atom. The third kappa shape index (κ3) is 5.99. The van der Waals surface area contributed by atoms with Gasteiger partial charge >= 0.3 is 11.9 Å². The van der Waals surface area contributed by atoms with Crippen LogP contribution in [-0.2, 0) is 19.0 Å². The topological polar surface area (TPSA) is 71.1 Å². The van der Waals surface area contributed by atoms with Crippen molar-refractivity contribution in [3.8, 4) is 5.75 Å². The van der Waals surface area contributed by atoms with E-state index in [0.717, 1.165) is 4.47 Å². The van der Waals surface area contributed by atoms with Gasteiger partial charge in [-0.3, -0.25) is 4.79 Å². The van der Waals surface area contributed by atoms with E-state index in [-0.39, 0.29) is 18.0 Å². The van der Waals surface area contributed by atoms with Crippen LogP contribution in [0, 0.1) is 5.92 Å². The number of rotatable bonds is 7. The molecular formula is C19H25BrO6. The van der Waals surface area contributed by atoms with Gasteiger partial charge in [0.1, 0.15) is 23.5 Å². The minimum atomic E-state index is -0.460. The van der Waals surface area contributed by atoms with Crippen LogP contribution in [0.3, 0.4) is 0 Å². The lowest BCUT2D eigenvalue weighted by Crippen LogP contribution is -2.40. The van der Waals surface area contributed by atoms with Crippen LogP contribution in [-0.4, -0.2) is 44.0 Å². The van der Waals surface area contributed by atoms with E-state index in [0.29, 0.717) is 37.4 Å². The zero-order valence-electron chi connectivity index (χ0n) is 15.5. The lowest BCUT2D eigenvalue weighted by Gasteiger charge is -2.35. The van der Waals surface area contributed by atoms with Gasteiger partial charge in [-0.1, -0.05) is 15.9 Å². The molecule has 0 N–H and O–H groups in total. The van der Waals surface area contributed by atoms with Crippen LogP contribution < -0.4 is 4.74 Å². The smallest absolute Gasteiger partial charge is 0.341 e. The van der Waals surface area contributed by atoms with Crippen LogP contribution in [0.25, 0.3) is 0 Å². The molecule has 1 aromatic rings. The quantitative estimate of drug-likeness (QED) is 0.486. The van der Waals surface area contributed by atoms with E-state index in [1.165, 1.54) is 7.11 Å². The Kier molecular flexibility index (Phi) is 7.06. The van der Waals surface area contributed by atoms with Gasteiger partial charge in [0, 0.05) is 4.47 Å². The normalized spacial score (nSPS) is 19.4. The van der Waals surface area contributed by atoms with Crippen molar-refractivity contribution >= 4 is 27.9 Å². The van der Waals surface area contributed by atoms with Gasteiger partial charge in [0.15, 0.2) is 0 Å². The second-order valence-corrected chi connectivity index (χ2v) is 8.09. The summed E-state index contributed by atoms with van der Waals surface area (Å²) in [7, 11) is 1.33. The second-order valence-electron chi connectivity index (χ2n) is 7.18. The molecule has 1 fully saturated rings. The third-order valence-electron chi connectivity index (χ3n) is 3.88. The highest BCUT2D eigenvalue weighted by Gasteiger charge is 2.37. The summed E-state index contributed by atoms with van der Waals surface area (Å²) in [5.74, 6) is -0.260. The summed E-state index contributed by atoms with van der Waals surface area (Å²) in [6, 6.07) is 5.11. The average molecular weight is 429 g/mol. The van der Waals surface area contributed by atoms with E-state index in [9.17, 15) is 9.59 Å². The van der Waals surface area contributed by atoms with E-state index in [4.69, 9.17) is 18.9 Å². The van der Waals surface area contributed by atoms with Gasteiger partial charge in [-0.15, -0.1) is 0 Å². The molecule has 1 aliphatic rings. The van der Waals surface area contributed by atoms with Crippen LogP contribution in [0.1, 0.15) is 44.0 Å². The molecule has 0 radical (unpaired) electrons. The molecule has 0 bridgehead atoms. The predicted octanol–water partition coefficient (Wildman–Crippen LogP) is 3.75. The largest absolute Gasteiger partial charge is 0.490 e. The number of carbonyl (C=O) groups is 2. The Labute approximate surface area is 162 Å². The Morgan fingerprint density at radius 3 is 2.50 bits per heavy atom. The molecule has 6 nitrogen and oxygen atoms in total. The molecule has 7 heteroatoms. The van der Waals surface area contributed by atoms with Crippen molar-refractivity contribution in [1.29, 1.82) is 0 Å². The molecule has 0 unspecified atom stereocenters. The van der Waals surface area contributed by atoms with Crippen molar-refractivity contribution in [2.24, 2.45) is 5.92 Å². The van der Waals surface area contributed by atoms with Crippen molar-refractivity contribution < 1.29 is 28.5 Å². The number of ether oxygens (including phenoxy) is 4. The van der Waals surface area contributed by atoms with E-state index >= 15 is 0 Å². The molecule has 2 rings (SSSR count). The summed E-state index contributed by atoms with van der Waals surface area (Å²) in [5.41, 5.74) is -0.0950. The number of hydrogen-bond acceptors (Lipinski definition) is 6. The molecule has 0 aliphatic heterocycles. The summed E-state index contributed by atoms with van der Waals surface area (Å²) < 4.78 is 22.3. The van der Waals surface area contributed by atoms with Crippen LogP contribution >= 0.6 is 15.9 Å². The standard InChI is InChI=1S/C19H25BrO6/c1-19(2,3)26-17(21)12-9-14(10-12)24-7-8-25-16-11-13(20)5-6-15(16)18(22)23-4/h5-6,11-12,14H,7-10H2,1-4H3. The number of hydrogen-bond donors (Lipinski definition) is 0. The molecule has 1 saturated carbocycles.